The van der Waals surface area contributed by atoms with Crippen LogP contribution in [0.15, 0.2) is 36.5 Å². The molecule has 27 heavy (non-hydrogen) atoms. The zero-order valence-electron chi connectivity index (χ0n) is 15.2. The van der Waals surface area contributed by atoms with Crippen molar-refractivity contribution in [2.75, 3.05) is 26.7 Å². The van der Waals surface area contributed by atoms with Crippen LogP contribution in [0.5, 0.6) is 0 Å². The van der Waals surface area contributed by atoms with Crippen LogP contribution in [0.25, 0.3) is 0 Å². The van der Waals surface area contributed by atoms with Crippen LogP contribution in [0.2, 0.25) is 5.02 Å². The van der Waals surface area contributed by atoms with Gasteiger partial charge in [-0.1, -0.05) is 17.7 Å². The topological polar surface area (TPSA) is 67.9 Å². The second-order valence-corrected chi connectivity index (χ2v) is 7.77. The number of aliphatic carboxylic acids is 1. The predicted molar refractivity (Wildman–Crippen MR) is 100 cm³/mol. The lowest BCUT2D eigenvalue weighted by Gasteiger charge is -2.40. The van der Waals surface area contributed by atoms with Crippen LogP contribution >= 0.6 is 11.6 Å². The Balaban J connectivity index is 1.84. The summed E-state index contributed by atoms with van der Waals surface area (Å²) in [6, 6.07) is 8.96. The number of pyridine rings is 1. The molecular formula is C20H23ClN3O3+. The molecule has 0 saturated carbocycles. The average Bonchev–Trinajstić information content (AvgIpc) is 2.79. The minimum absolute atomic E-state index is 0.212. The van der Waals surface area contributed by atoms with E-state index in [9.17, 15) is 15.1 Å². The fraction of sp³-hybridized carbons (Fsp3) is 0.400. The fourth-order valence-corrected chi connectivity index (χ4v) is 4.50. The Morgan fingerprint density at radius 3 is 2.78 bits per heavy atom. The molecule has 1 aromatic heterocycles. The summed E-state index contributed by atoms with van der Waals surface area (Å²) in [5, 5.41) is 20.9. The molecule has 2 heterocycles. The average molecular weight is 389 g/mol. The molecule has 142 valence electrons. The van der Waals surface area contributed by atoms with Crippen LogP contribution in [-0.2, 0) is 17.6 Å². The number of carboxylic acids is 1. The molecule has 0 spiro atoms. The molecule has 0 radical (unpaired) electrons. The van der Waals surface area contributed by atoms with E-state index in [4.69, 9.17) is 11.6 Å². The van der Waals surface area contributed by atoms with Crippen LogP contribution in [0.4, 0.5) is 0 Å². The largest absolute Gasteiger partial charge is 0.480 e. The summed E-state index contributed by atoms with van der Waals surface area (Å²) in [6.45, 7) is 1.78. The van der Waals surface area contributed by atoms with Crippen molar-refractivity contribution in [1.29, 1.82) is 0 Å². The van der Waals surface area contributed by atoms with Gasteiger partial charge in [0.25, 0.3) is 5.69 Å². The highest BCUT2D eigenvalue weighted by atomic mass is 35.5. The first-order chi connectivity index (χ1) is 13.0. The van der Waals surface area contributed by atoms with Gasteiger partial charge in [-0.15, -0.1) is 0 Å². The van der Waals surface area contributed by atoms with Crippen molar-refractivity contribution in [3.05, 3.63) is 63.9 Å². The highest BCUT2D eigenvalue weighted by Gasteiger charge is 2.41. The third-order valence-corrected chi connectivity index (χ3v) is 5.99. The van der Waals surface area contributed by atoms with Crippen molar-refractivity contribution < 1.29 is 19.8 Å². The number of hydrogen-bond acceptors (Lipinski definition) is 4. The van der Waals surface area contributed by atoms with Gasteiger partial charge in [0, 0.05) is 41.0 Å². The summed E-state index contributed by atoms with van der Waals surface area (Å²) >= 11 is 6.24. The van der Waals surface area contributed by atoms with Gasteiger partial charge in [0.15, 0.2) is 0 Å². The number of piperazine rings is 1. The van der Waals surface area contributed by atoms with Gasteiger partial charge in [0.05, 0.1) is 0 Å². The SMILES string of the molecule is CN1CCN(C2c3ccc(Cl)cc3CCc3ccc[n+](O)c32)CC1C(=O)O. The zero-order chi connectivity index (χ0) is 19.1. The van der Waals surface area contributed by atoms with Gasteiger partial charge in [-0.25, -0.2) is 0 Å². The van der Waals surface area contributed by atoms with E-state index in [1.807, 2.05) is 42.3 Å². The number of nitrogens with zero attached hydrogens (tertiary/aromatic N) is 3. The lowest BCUT2D eigenvalue weighted by atomic mass is 9.95. The van der Waals surface area contributed by atoms with Crippen molar-refractivity contribution in [3.63, 3.8) is 0 Å². The molecule has 2 aliphatic rings. The second-order valence-electron chi connectivity index (χ2n) is 7.34. The van der Waals surface area contributed by atoms with Crippen molar-refractivity contribution in [2.45, 2.75) is 24.9 Å². The highest BCUT2D eigenvalue weighted by molar-refractivity contribution is 6.30. The number of fused-ring (bicyclic) bond motifs is 2. The molecule has 2 aromatic rings. The van der Waals surface area contributed by atoms with E-state index in [1.54, 1.807) is 6.20 Å². The number of rotatable bonds is 2. The first-order valence-electron chi connectivity index (χ1n) is 9.14. The van der Waals surface area contributed by atoms with Crippen LogP contribution in [0.1, 0.15) is 28.4 Å². The van der Waals surface area contributed by atoms with Crippen LogP contribution in [0, 0.1) is 0 Å². The quantitative estimate of drug-likeness (QED) is 0.606. The standard InChI is InChI=1S/C20H22ClN3O3/c1-22-9-10-23(12-17(22)20(25)26)19-16-7-6-15(21)11-14(16)5-4-13-3-2-8-24(27)18(13)19/h2-3,6-8,11,17,19H,4-5,9-10,12H2,1H3,(H-,25,26,27)/p+1. The van der Waals surface area contributed by atoms with Gasteiger partial charge in [-0.05, 0) is 49.2 Å². The number of aryl methyl sites for hydroxylation is 2. The van der Waals surface area contributed by atoms with Crippen molar-refractivity contribution in [3.8, 4) is 0 Å². The van der Waals surface area contributed by atoms with Crippen LogP contribution in [0.3, 0.4) is 0 Å². The molecule has 7 heteroatoms. The van der Waals surface area contributed by atoms with Gasteiger partial charge in [0.1, 0.15) is 12.1 Å². The first kappa shape index (κ1) is 18.2. The molecule has 2 N–H and O–H groups in total. The lowest BCUT2D eigenvalue weighted by Crippen LogP contribution is -2.56. The summed E-state index contributed by atoms with van der Waals surface area (Å²) in [5.74, 6) is -0.822. The summed E-state index contributed by atoms with van der Waals surface area (Å²) in [5.41, 5.74) is 4.12. The Hall–Kier alpha value is -2.15. The summed E-state index contributed by atoms with van der Waals surface area (Å²) in [4.78, 5) is 15.8. The third kappa shape index (κ3) is 3.29. The lowest BCUT2D eigenvalue weighted by molar-refractivity contribution is -0.911. The van der Waals surface area contributed by atoms with Crippen molar-refractivity contribution in [2.24, 2.45) is 0 Å². The van der Waals surface area contributed by atoms with Crippen molar-refractivity contribution in [1.82, 2.24) is 9.80 Å². The van der Waals surface area contributed by atoms with E-state index in [-0.39, 0.29) is 6.04 Å². The molecule has 0 bridgehead atoms. The van der Waals surface area contributed by atoms with Crippen molar-refractivity contribution >= 4 is 17.6 Å². The number of hydrogen-bond donors (Lipinski definition) is 2. The third-order valence-electron chi connectivity index (χ3n) is 5.75. The maximum Gasteiger partial charge on any atom is 0.322 e. The number of carboxylic acid groups (broad SMARTS) is 1. The maximum atomic E-state index is 11.7. The summed E-state index contributed by atoms with van der Waals surface area (Å²) in [7, 11) is 1.84. The molecule has 1 fully saturated rings. The zero-order valence-corrected chi connectivity index (χ0v) is 15.9. The van der Waals surface area contributed by atoms with E-state index < -0.39 is 12.0 Å². The normalized spacial score (nSPS) is 23.3. The van der Waals surface area contributed by atoms with Gasteiger partial charge >= 0.3 is 5.97 Å². The molecule has 0 amide bonds. The molecule has 2 atom stereocenters. The number of aromatic nitrogens is 1. The molecule has 1 saturated heterocycles. The van der Waals surface area contributed by atoms with E-state index in [0.29, 0.717) is 18.1 Å². The van der Waals surface area contributed by atoms with Crippen LogP contribution < -0.4 is 4.73 Å². The number of likely N-dealkylation sites (N-methyl/N-ethyl adjacent to an activating group) is 1. The number of benzene rings is 1. The van der Waals surface area contributed by atoms with Crippen LogP contribution in [-0.4, -0.2) is 58.8 Å². The van der Waals surface area contributed by atoms with E-state index in [1.165, 1.54) is 4.73 Å². The minimum Gasteiger partial charge on any atom is -0.480 e. The highest BCUT2D eigenvalue weighted by Crippen LogP contribution is 2.37. The Kier molecular flexibility index (Phi) is 4.80. The predicted octanol–water partition coefficient (Wildman–Crippen LogP) is 1.75. The number of halogens is 1. The molecule has 1 aromatic carbocycles. The second kappa shape index (κ2) is 7.11. The van der Waals surface area contributed by atoms with Gasteiger partial charge < -0.3 is 5.11 Å². The van der Waals surface area contributed by atoms with E-state index in [0.717, 1.165) is 41.8 Å². The Labute approximate surface area is 163 Å². The molecular weight excluding hydrogens is 366 g/mol. The number of carbonyl (C=O) groups is 1. The summed E-state index contributed by atoms with van der Waals surface area (Å²) < 4.78 is 1.19. The Morgan fingerprint density at radius 1 is 1.22 bits per heavy atom. The first-order valence-corrected chi connectivity index (χ1v) is 9.51. The fourth-order valence-electron chi connectivity index (χ4n) is 4.31. The smallest absolute Gasteiger partial charge is 0.322 e. The van der Waals surface area contributed by atoms with Gasteiger partial charge in [-0.2, -0.15) is 0 Å². The Morgan fingerprint density at radius 2 is 2.00 bits per heavy atom. The monoisotopic (exact) mass is 388 g/mol. The minimum atomic E-state index is -0.822. The summed E-state index contributed by atoms with van der Waals surface area (Å²) in [6.07, 6.45) is 3.27. The molecule has 6 nitrogen and oxygen atoms in total. The Bertz CT molecular complexity index is 889. The van der Waals surface area contributed by atoms with Gasteiger partial charge in [0.2, 0.25) is 6.20 Å². The van der Waals surface area contributed by atoms with E-state index in [2.05, 4.69) is 4.90 Å². The maximum absolute atomic E-state index is 11.7. The molecule has 1 aliphatic carbocycles. The molecule has 1 aliphatic heterocycles. The van der Waals surface area contributed by atoms with E-state index >= 15 is 0 Å². The molecule has 2 unspecified atom stereocenters. The van der Waals surface area contributed by atoms with Gasteiger partial charge in [-0.3, -0.25) is 19.8 Å². The molecule has 4 rings (SSSR count).